The Hall–Kier alpha value is -1.30. The Morgan fingerprint density at radius 2 is 2.05 bits per heavy atom. The molecule has 110 valence electrons. The molecule has 2 heterocycles. The van der Waals surface area contributed by atoms with E-state index in [-0.39, 0.29) is 6.04 Å². The third-order valence-electron chi connectivity index (χ3n) is 3.97. The number of nitrogens with two attached hydrogens (primary N) is 1. The normalized spacial score (nSPS) is 23.4. The first-order valence-corrected chi connectivity index (χ1v) is 7.30. The molecule has 5 heteroatoms. The molecule has 1 aromatic rings. The number of hydrogen-bond donors (Lipinski definition) is 2. The quantitative estimate of drug-likeness (QED) is 0.649. The lowest BCUT2D eigenvalue weighted by Gasteiger charge is -2.20. The molecule has 2 atom stereocenters. The van der Waals surface area contributed by atoms with Gasteiger partial charge >= 0.3 is 0 Å². The first-order chi connectivity index (χ1) is 9.86. The first kappa shape index (κ1) is 13.7. The number of benzene rings is 1. The zero-order valence-corrected chi connectivity index (χ0v) is 11.6. The van der Waals surface area contributed by atoms with Gasteiger partial charge in [-0.25, -0.2) is 0 Å². The Labute approximate surface area is 119 Å². The van der Waals surface area contributed by atoms with Crippen molar-refractivity contribution in [3.8, 4) is 11.5 Å². The van der Waals surface area contributed by atoms with Gasteiger partial charge in [0.05, 0.1) is 13.2 Å². The fourth-order valence-electron chi connectivity index (χ4n) is 2.80. The molecule has 2 unspecified atom stereocenters. The SMILES string of the molecule is NNC(CC1CCOC1)c1ccc2c(c1)OCCCO2. The highest BCUT2D eigenvalue weighted by Crippen LogP contribution is 2.34. The minimum atomic E-state index is 0.124. The average Bonchev–Trinajstić information content (AvgIpc) is 2.87. The summed E-state index contributed by atoms with van der Waals surface area (Å²) in [4.78, 5) is 0. The van der Waals surface area contributed by atoms with Gasteiger partial charge in [-0.3, -0.25) is 11.3 Å². The molecule has 3 rings (SSSR count). The van der Waals surface area contributed by atoms with Crippen LogP contribution in [0.5, 0.6) is 11.5 Å². The van der Waals surface area contributed by atoms with E-state index in [1.54, 1.807) is 0 Å². The summed E-state index contributed by atoms with van der Waals surface area (Å²) in [6.45, 7) is 3.11. The Morgan fingerprint density at radius 1 is 1.20 bits per heavy atom. The molecule has 1 saturated heterocycles. The lowest BCUT2D eigenvalue weighted by molar-refractivity contribution is 0.181. The summed E-state index contributed by atoms with van der Waals surface area (Å²) in [6, 6.07) is 6.21. The van der Waals surface area contributed by atoms with Crippen LogP contribution in [-0.4, -0.2) is 26.4 Å². The highest BCUT2D eigenvalue weighted by molar-refractivity contribution is 5.44. The van der Waals surface area contributed by atoms with Gasteiger partial charge in [-0.1, -0.05) is 6.07 Å². The van der Waals surface area contributed by atoms with E-state index in [1.165, 1.54) is 0 Å². The lowest BCUT2D eigenvalue weighted by Crippen LogP contribution is -2.29. The second-order valence-corrected chi connectivity index (χ2v) is 5.44. The molecule has 0 spiro atoms. The highest BCUT2D eigenvalue weighted by atomic mass is 16.5. The van der Waals surface area contributed by atoms with Crippen LogP contribution in [0.2, 0.25) is 0 Å². The Bertz CT molecular complexity index is 447. The van der Waals surface area contributed by atoms with Crippen molar-refractivity contribution in [1.29, 1.82) is 0 Å². The lowest BCUT2D eigenvalue weighted by atomic mass is 9.94. The van der Waals surface area contributed by atoms with Gasteiger partial charge < -0.3 is 14.2 Å². The molecule has 1 aromatic carbocycles. The van der Waals surface area contributed by atoms with Crippen LogP contribution >= 0.6 is 0 Å². The smallest absolute Gasteiger partial charge is 0.161 e. The zero-order valence-electron chi connectivity index (χ0n) is 11.6. The van der Waals surface area contributed by atoms with E-state index in [4.69, 9.17) is 20.1 Å². The molecule has 1 fully saturated rings. The standard InChI is InChI=1S/C15H22N2O3/c16-17-13(8-11-4-7-18-10-11)12-2-3-14-15(9-12)20-6-1-5-19-14/h2-3,9,11,13,17H,1,4-8,10,16H2. The van der Waals surface area contributed by atoms with Crippen LogP contribution in [0.3, 0.4) is 0 Å². The number of fused-ring (bicyclic) bond motifs is 1. The predicted octanol–water partition coefficient (Wildman–Crippen LogP) is 1.78. The fourth-order valence-corrected chi connectivity index (χ4v) is 2.80. The number of hydrogen-bond acceptors (Lipinski definition) is 5. The molecule has 20 heavy (non-hydrogen) atoms. The average molecular weight is 278 g/mol. The van der Waals surface area contributed by atoms with Crippen LogP contribution in [0.25, 0.3) is 0 Å². The van der Waals surface area contributed by atoms with Gasteiger partial charge in [0, 0.05) is 25.7 Å². The van der Waals surface area contributed by atoms with E-state index in [0.29, 0.717) is 19.1 Å². The maximum Gasteiger partial charge on any atom is 0.161 e. The summed E-state index contributed by atoms with van der Waals surface area (Å²) >= 11 is 0. The van der Waals surface area contributed by atoms with Crippen molar-refractivity contribution >= 4 is 0 Å². The Kier molecular flexibility index (Phi) is 4.40. The van der Waals surface area contributed by atoms with Crippen LogP contribution in [0.4, 0.5) is 0 Å². The van der Waals surface area contributed by atoms with Crippen LogP contribution in [-0.2, 0) is 4.74 Å². The molecule has 0 amide bonds. The monoisotopic (exact) mass is 278 g/mol. The van der Waals surface area contributed by atoms with Gasteiger partial charge in [-0.05, 0) is 36.5 Å². The van der Waals surface area contributed by atoms with Crippen molar-refractivity contribution in [2.75, 3.05) is 26.4 Å². The highest BCUT2D eigenvalue weighted by Gasteiger charge is 2.22. The molecule has 0 radical (unpaired) electrons. The van der Waals surface area contributed by atoms with Gasteiger partial charge in [-0.2, -0.15) is 0 Å². The number of ether oxygens (including phenoxy) is 3. The zero-order chi connectivity index (χ0) is 13.8. The van der Waals surface area contributed by atoms with E-state index in [2.05, 4.69) is 11.5 Å². The molecule has 5 nitrogen and oxygen atoms in total. The van der Waals surface area contributed by atoms with Crippen molar-refractivity contribution in [2.45, 2.75) is 25.3 Å². The molecular formula is C15H22N2O3. The molecule has 0 aliphatic carbocycles. The maximum atomic E-state index is 5.74. The predicted molar refractivity (Wildman–Crippen MR) is 75.7 cm³/mol. The largest absolute Gasteiger partial charge is 0.490 e. The van der Waals surface area contributed by atoms with Gasteiger partial charge in [0.15, 0.2) is 11.5 Å². The molecular weight excluding hydrogens is 256 g/mol. The minimum Gasteiger partial charge on any atom is -0.490 e. The van der Waals surface area contributed by atoms with E-state index < -0.39 is 0 Å². The molecule has 0 saturated carbocycles. The van der Waals surface area contributed by atoms with Gasteiger partial charge in [0.1, 0.15) is 0 Å². The summed E-state index contributed by atoms with van der Waals surface area (Å²) in [6.07, 6.45) is 3.01. The summed E-state index contributed by atoms with van der Waals surface area (Å²) in [5.74, 6) is 7.95. The van der Waals surface area contributed by atoms with Crippen LogP contribution in [0.1, 0.15) is 30.9 Å². The van der Waals surface area contributed by atoms with E-state index in [9.17, 15) is 0 Å². The van der Waals surface area contributed by atoms with Gasteiger partial charge in [0.25, 0.3) is 0 Å². The fraction of sp³-hybridized carbons (Fsp3) is 0.600. The Morgan fingerprint density at radius 3 is 2.80 bits per heavy atom. The Balaban J connectivity index is 1.75. The maximum absolute atomic E-state index is 5.74. The van der Waals surface area contributed by atoms with Crippen molar-refractivity contribution in [3.63, 3.8) is 0 Å². The van der Waals surface area contributed by atoms with E-state index in [0.717, 1.165) is 49.5 Å². The topological polar surface area (TPSA) is 65.7 Å². The van der Waals surface area contributed by atoms with Crippen molar-refractivity contribution in [2.24, 2.45) is 11.8 Å². The molecule has 2 aliphatic rings. The number of nitrogens with one attached hydrogen (secondary N) is 1. The molecule has 2 aliphatic heterocycles. The van der Waals surface area contributed by atoms with Crippen molar-refractivity contribution in [3.05, 3.63) is 23.8 Å². The van der Waals surface area contributed by atoms with Crippen LogP contribution in [0, 0.1) is 5.92 Å². The van der Waals surface area contributed by atoms with E-state index in [1.807, 2.05) is 12.1 Å². The molecule has 3 N–H and O–H groups in total. The minimum absolute atomic E-state index is 0.124. The van der Waals surface area contributed by atoms with Gasteiger partial charge in [0.2, 0.25) is 0 Å². The third kappa shape index (κ3) is 3.06. The summed E-state index contributed by atoms with van der Waals surface area (Å²) in [7, 11) is 0. The summed E-state index contributed by atoms with van der Waals surface area (Å²) in [5, 5.41) is 0. The van der Waals surface area contributed by atoms with Crippen LogP contribution < -0.4 is 20.7 Å². The van der Waals surface area contributed by atoms with Crippen molar-refractivity contribution < 1.29 is 14.2 Å². The van der Waals surface area contributed by atoms with E-state index >= 15 is 0 Å². The molecule has 0 bridgehead atoms. The second-order valence-electron chi connectivity index (χ2n) is 5.44. The summed E-state index contributed by atoms with van der Waals surface area (Å²) in [5.41, 5.74) is 4.06. The third-order valence-corrected chi connectivity index (χ3v) is 3.97. The summed E-state index contributed by atoms with van der Waals surface area (Å²) < 4.78 is 16.8. The number of rotatable bonds is 4. The first-order valence-electron chi connectivity index (χ1n) is 7.30. The second kappa shape index (κ2) is 6.43. The van der Waals surface area contributed by atoms with Crippen molar-refractivity contribution in [1.82, 2.24) is 5.43 Å². The molecule has 0 aromatic heterocycles. The van der Waals surface area contributed by atoms with Crippen LogP contribution in [0.15, 0.2) is 18.2 Å². The number of hydrazine groups is 1. The van der Waals surface area contributed by atoms with Gasteiger partial charge in [-0.15, -0.1) is 0 Å².